The van der Waals surface area contributed by atoms with Crippen LogP contribution in [0.1, 0.15) is 33.2 Å². The van der Waals surface area contributed by atoms with Gasteiger partial charge in [0, 0.05) is 6.54 Å². The van der Waals surface area contributed by atoms with Crippen LogP contribution in [0.15, 0.2) is 18.2 Å². The highest BCUT2D eigenvalue weighted by Crippen LogP contribution is 2.33. The second kappa shape index (κ2) is 6.78. The second-order valence-corrected chi connectivity index (χ2v) is 5.60. The van der Waals surface area contributed by atoms with Crippen molar-refractivity contribution >= 4 is 11.9 Å². The molecule has 0 bridgehead atoms. The Labute approximate surface area is 135 Å². The highest BCUT2D eigenvalue weighted by molar-refractivity contribution is 5.97. The van der Waals surface area contributed by atoms with E-state index in [2.05, 4.69) is 5.32 Å². The molecule has 1 aliphatic rings. The quantitative estimate of drug-likeness (QED) is 0.870. The van der Waals surface area contributed by atoms with Gasteiger partial charge < -0.3 is 19.9 Å². The third-order valence-corrected chi connectivity index (χ3v) is 3.53. The van der Waals surface area contributed by atoms with E-state index in [1.54, 1.807) is 6.92 Å². The van der Waals surface area contributed by atoms with Crippen LogP contribution in [0.25, 0.3) is 0 Å². The van der Waals surface area contributed by atoms with Gasteiger partial charge in [0.2, 0.25) is 0 Å². The number of carboxylic acid groups (broad SMARTS) is 1. The Morgan fingerprint density at radius 1 is 1.33 bits per heavy atom. The first-order valence-corrected chi connectivity index (χ1v) is 7.07. The van der Waals surface area contributed by atoms with Crippen LogP contribution in [0.4, 0.5) is 13.2 Å². The third kappa shape index (κ3) is 4.24. The minimum Gasteiger partial charge on any atom is -0.478 e. The fraction of sp³-hybridized carbons (Fsp3) is 0.467. The number of benzene rings is 1. The van der Waals surface area contributed by atoms with Gasteiger partial charge in [-0.05, 0) is 25.1 Å². The molecule has 2 N–H and O–H groups in total. The lowest BCUT2D eigenvalue weighted by Gasteiger charge is -2.33. The average molecular weight is 347 g/mol. The molecule has 1 fully saturated rings. The predicted octanol–water partition coefficient (Wildman–Crippen LogP) is 1.94. The normalized spacial score (nSPS) is 21.3. The molecule has 1 unspecified atom stereocenters. The Morgan fingerprint density at radius 2 is 2.04 bits per heavy atom. The Hall–Kier alpha value is -2.13. The van der Waals surface area contributed by atoms with Crippen molar-refractivity contribution in [3.8, 4) is 0 Å². The largest absolute Gasteiger partial charge is 0.478 e. The van der Waals surface area contributed by atoms with Gasteiger partial charge in [-0.1, -0.05) is 0 Å². The van der Waals surface area contributed by atoms with E-state index in [9.17, 15) is 22.8 Å². The molecule has 9 heteroatoms. The highest BCUT2D eigenvalue weighted by atomic mass is 19.4. The molecule has 1 aliphatic heterocycles. The van der Waals surface area contributed by atoms with Crippen LogP contribution in [0.5, 0.6) is 0 Å². The SMILES string of the molecule is CC1(CNC(=O)c2ccc(C(=O)O)cc2C(F)(F)F)COCCO1. The minimum absolute atomic E-state index is 0.0379. The molecule has 1 saturated heterocycles. The highest BCUT2D eigenvalue weighted by Gasteiger charge is 2.37. The van der Waals surface area contributed by atoms with Gasteiger partial charge in [-0.25, -0.2) is 4.79 Å². The van der Waals surface area contributed by atoms with Gasteiger partial charge in [0.1, 0.15) is 5.60 Å². The number of rotatable bonds is 4. The van der Waals surface area contributed by atoms with Crippen molar-refractivity contribution in [3.05, 3.63) is 34.9 Å². The molecule has 0 radical (unpaired) electrons. The molecule has 0 spiro atoms. The lowest BCUT2D eigenvalue weighted by Crippen LogP contribution is -2.49. The van der Waals surface area contributed by atoms with E-state index in [1.165, 1.54) is 0 Å². The molecule has 0 aromatic heterocycles. The van der Waals surface area contributed by atoms with Gasteiger partial charge in [-0.15, -0.1) is 0 Å². The van der Waals surface area contributed by atoms with Gasteiger partial charge in [0.15, 0.2) is 0 Å². The van der Waals surface area contributed by atoms with Crippen LogP contribution in [0, 0.1) is 0 Å². The van der Waals surface area contributed by atoms with E-state index in [0.717, 1.165) is 12.1 Å². The fourth-order valence-electron chi connectivity index (χ4n) is 2.25. The van der Waals surface area contributed by atoms with E-state index in [0.29, 0.717) is 19.3 Å². The molecule has 1 atom stereocenters. The molecular formula is C15H16F3NO5. The van der Waals surface area contributed by atoms with Gasteiger partial charge in [-0.2, -0.15) is 13.2 Å². The van der Waals surface area contributed by atoms with Crippen molar-refractivity contribution in [1.82, 2.24) is 5.32 Å². The topological polar surface area (TPSA) is 84.9 Å². The number of halogens is 3. The zero-order valence-corrected chi connectivity index (χ0v) is 12.8. The summed E-state index contributed by atoms with van der Waals surface area (Å²) >= 11 is 0. The zero-order chi connectivity index (χ0) is 18.0. The molecule has 1 aromatic carbocycles. The Morgan fingerprint density at radius 3 is 2.58 bits per heavy atom. The van der Waals surface area contributed by atoms with Gasteiger partial charge in [-0.3, -0.25) is 4.79 Å². The number of carboxylic acids is 1. The van der Waals surface area contributed by atoms with E-state index >= 15 is 0 Å². The average Bonchev–Trinajstić information content (AvgIpc) is 2.52. The number of carbonyl (C=O) groups is 2. The standard InChI is InChI=1S/C15H16F3NO5/c1-14(8-23-4-5-24-14)7-19-12(20)10-3-2-9(13(21)22)6-11(10)15(16,17)18/h2-3,6H,4-5,7-8H2,1H3,(H,19,20)(H,21,22). The van der Waals surface area contributed by atoms with E-state index < -0.39 is 40.3 Å². The summed E-state index contributed by atoms with van der Waals surface area (Å²) in [6.07, 6.45) is -4.85. The molecule has 6 nitrogen and oxygen atoms in total. The maximum atomic E-state index is 13.1. The summed E-state index contributed by atoms with van der Waals surface area (Å²) in [7, 11) is 0. The van der Waals surface area contributed by atoms with E-state index in [1.807, 2.05) is 0 Å². The summed E-state index contributed by atoms with van der Waals surface area (Å²) in [5, 5.41) is 11.2. The number of amides is 1. The van der Waals surface area contributed by atoms with E-state index in [4.69, 9.17) is 14.6 Å². The minimum atomic E-state index is -4.85. The second-order valence-electron chi connectivity index (χ2n) is 5.60. The van der Waals surface area contributed by atoms with Gasteiger partial charge >= 0.3 is 12.1 Å². The molecule has 24 heavy (non-hydrogen) atoms. The summed E-state index contributed by atoms with van der Waals surface area (Å²) in [5.41, 5.74) is -3.32. The molecule has 2 rings (SSSR count). The van der Waals surface area contributed by atoms with Crippen LogP contribution >= 0.6 is 0 Å². The molecule has 0 aliphatic carbocycles. The molecule has 0 saturated carbocycles. The van der Waals surface area contributed by atoms with Crippen molar-refractivity contribution in [2.24, 2.45) is 0 Å². The van der Waals surface area contributed by atoms with Crippen LogP contribution in [0.2, 0.25) is 0 Å². The first-order valence-electron chi connectivity index (χ1n) is 7.07. The molecule has 1 amide bonds. The Balaban J connectivity index is 2.20. The number of nitrogens with one attached hydrogen (secondary N) is 1. The maximum absolute atomic E-state index is 13.1. The number of aromatic carboxylic acids is 1. The fourth-order valence-corrected chi connectivity index (χ4v) is 2.25. The summed E-state index contributed by atoms with van der Waals surface area (Å²) in [6.45, 7) is 2.58. The first-order chi connectivity index (χ1) is 11.1. The number of hydrogen-bond donors (Lipinski definition) is 2. The van der Waals surface area contributed by atoms with Crippen LogP contribution < -0.4 is 5.32 Å². The van der Waals surface area contributed by atoms with Crippen molar-refractivity contribution in [3.63, 3.8) is 0 Å². The zero-order valence-electron chi connectivity index (χ0n) is 12.8. The summed E-state index contributed by atoms with van der Waals surface area (Å²) in [5.74, 6) is -2.47. The van der Waals surface area contributed by atoms with Crippen LogP contribution in [-0.4, -0.2) is 48.9 Å². The molecule has 1 heterocycles. The van der Waals surface area contributed by atoms with Crippen molar-refractivity contribution in [2.75, 3.05) is 26.4 Å². The van der Waals surface area contributed by atoms with Crippen LogP contribution in [0.3, 0.4) is 0 Å². The van der Waals surface area contributed by atoms with Crippen molar-refractivity contribution < 1.29 is 37.3 Å². The first kappa shape index (κ1) is 18.2. The number of ether oxygens (including phenoxy) is 2. The predicted molar refractivity (Wildman–Crippen MR) is 75.9 cm³/mol. The monoisotopic (exact) mass is 347 g/mol. The van der Waals surface area contributed by atoms with Gasteiger partial charge in [0.05, 0.1) is 36.5 Å². The molecular weight excluding hydrogens is 331 g/mol. The lowest BCUT2D eigenvalue weighted by molar-refractivity contribution is -0.144. The van der Waals surface area contributed by atoms with E-state index in [-0.39, 0.29) is 13.2 Å². The number of alkyl halides is 3. The number of hydrogen-bond acceptors (Lipinski definition) is 4. The Kier molecular flexibility index (Phi) is 5.14. The third-order valence-electron chi connectivity index (χ3n) is 3.53. The smallest absolute Gasteiger partial charge is 0.417 e. The van der Waals surface area contributed by atoms with Gasteiger partial charge in [0.25, 0.3) is 5.91 Å². The Bertz CT molecular complexity index is 638. The van der Waals surface area contributed by atoms with Crippen molar-refractivity contribution in [1.29, 1.82) is 0 Å². The number of carbonyl (C=O) groups excluding carboxylic acids is 1. The summed E-state index contributed by atoms with van der Waals surface area (Å²) < 4.78 is 50.0. The molecule has 132 valence electrons. The molecule has 1 aromatic rings. The summed E-state index contributed by atoms with van der Waals surface area (Å²) in [4.78, 5) is 23.0. The van der Waals surface area contributed by atoms with Crippen LogP contribution in [-0.2, 0) is 15.7 Å². The lowest BCUT2D eigenvalue weighted by atomic mass is 10.0. The maximum Gasteiger partial charge on any atom is 0.417 e. The summed E-state index contributed by atoms with van der Waals surface area (Å²) in [6, 6.07) is 2.25. The van der Waals surface area contributed by atoms with Crippen molar-refractivity contribution in [2.45, 2.75) is 18.7 Å².